The number of aromatic hydroxyl groups is 4. The number of rotatable bonds is 6. The van der Waals surface area contributed by atoms with Crippen LogP contribution >= 0.6 is 63.7 Å². The van der Waals surface area contributed by atoms with E-state index in [2.05, 4.69) is 88.0 Å². The fourth-order valence-corrected chi connectivity index (χ4v) is 6.43. The Balaban J connectivity index is 1.63. The monoisotopic (exact) mass is 786 g/mol. The summed E-state index contributed by atoms with van der Waals surface area (Å²) in [6.07, 6.45) is 0. The average Bonchev–Trinajstić information content (AvgIpc) is 2.93. The normalized spacial score (nSPS) is 11.3. The van der Waals surface area contributed by atoms with Crippen molar-refractivity contribution >= 4 is 63.7 Å². The van der Waals surface area contributed by atoms with E-state index in [-0.39, 0.29) is 34.8 Å². The Morgan fingerprint density at radius 3 is 0.725 bits per heavy atom. The number of phenolic OH excluding ortho intramolecular Hbond substituents is 4. The van der Waals surface area contributed by atoms with E-state index in [0.29, 0.717) is 17.9 Å². The van der Waals surface area contributed by atoms with Gasteiger partial charge in [0.25, 0.3) is 0 Å². The van der Waals surface area contributed by atoms with Crippen LogP contribution in [0.3, 0.4) is 0 Å². The van der Waals surface area contributed by atoms with Gasteiger partial charge in [0.15, 0.2) is 0 Å². The van der Waals surface area contributed by atoms with Crippen molar-refractivity contribution in [3.05, 3.63) is 148 Å². The van der Waals surface area contributed by atoms with Gasteiger partial charge in [0, 0.05) is 11.8 Å². The highest BCUT2D eigenvalue weighted by molar-refractivity contribution is 9.11. The lowest BCUT2D eigenvalue weighted by atomic mass is 9.81. The second-order valence-corrected chi connectivity index (χ2v) is 12.8. The molecule has 0 saturated carbocycles. The zero-order valence-electron chi connectivity index (χ0n) is 20.7. The molecule has 5 aromatic carbocycles. The highest BCUT2D eigenvalue weighted by Crippen LogP contribution is 2.41. The van der Waals surface area contributed by atoms with Crippen LogP contribution in [-0.2, 0) is 0 Å². The van der Waals surface area contributed by atoms with Crippen LogP contribution in [0.2, 0.25) is 0 Å². The molecule has 5 aromatic rings. The molecule has 0 amide bonds. The Kier molecular flexibility index (Phi) is 8.61. The summed E-state index contributed by atoms with van der Waals surface area (Å²) in [6, 6.07) is 30.2. The predicted octanol–water partition coefficient (Wildman–Crippen LogP) is 9.92. The van der Waals surface area contributed by atoms with E-state index in [1.165, 1.54) is 0 Å². The van der Waals surface area contributed by atoms with Gasteiger partial charge in [-0.3, -0.25) is 0 Å². The van der Waals surface area contributed by atoms with Crippen LogP contribution in [0.25, 0.3) is 0 Å². The summed E-state index contributed by atoms with van der Waals surface area (Å²) >= 11 is 13.8. The third-order valence-corrected chi connectivity index (χ3v) is 9.36. The van der Waals surface area contributed by atoms with Gasteiger partial charge >= 0.3 is 0 Å². The minimum absolute atomic E-state index is 0.160. The standard InChI is InChI=1S/C32H22Br4O4/c33-23-13-19(5-9-27(23)37)31(20-6-10-28(38)24(34)14-20)17-1-2-18(4-3-17)32(21-7-11-29(39)25(35)15-21)22-8-12-30(40)26(36)16-22/h1-16,31-32,37-40H. The van der Waals surface area contributed by atoms with Crippen molar-refractivity contribution in [2.24, 2.45) is 0 Å². The van der Waals surface area contributed by atoms with E-state index in [4.69, 9.17) is 0 Å². The van der Waals surface area contributed by atoms with Crippen molar-refractivity contribution in [1.29, 1.82) is 0 Å². The lowest BCUT2D eigenvalue weighted by Gasteiger charge is -2.23. The van der Waals surface area contributed by atoms with Crippen molar-refractivity contribution < 1.29 is 20.4 Å². The first-order valence-electron chi connectivity index (χ1n) is 12.2. The molecule has 4 nitrogen and oxygen atoms in total. The van der Waals surface area contributed by atoms with Crippen molar-refractivity contribution in [3.8, 4) is 23.0 Å². The zero-order valence-corrected chi connectivity index (χ0v) is 27.0. The molecule has 0 aliphatic heterocycles. The zero-order chi connectivity index (χ0) is 28.6. The second-order valence-electron chi connectivity index (χ2n) is 9.38. The van der Waals surface area contributed by atoms with Gasteiger partial charge in [0.05, 0.1) is 17.9 Å². The van der Waals surface area contributed by atoms with Gasteiger partial charge in [0.1, 0.15) is 23.0 Å². The van der Waals surface area contributed by atoms with Gasteiger partial charge in [-0.1, -0.05) is 48.5 Å². The molecule has 8 heteroatoms. The van der Waals surface area contributed by atoms with Crippen LogP contribution in [0.15, 0.2) is 115 Å². The van der Waals surface area contributed by atoms with E-state index < -0.39 is 0 Å². The summed E-state index contributed by atoms with van der Waals surface area (Å²) < 4.78 is 2.39. The number of hydrogen-bond acceptors (Lipinski definition) is 4. The number of benzene rings is 5. The number of phenols is 4. The SMILES string of the molecule is Oc1ccc(C(c2ccc(C(c3ccc(O)c(Br)c3)c3ccc(O)c(Br)c3)cc2)c2ccc(O)c(Br)c2)cc1Br. The molecule has 0 unspecified atom stereocenters. The molecule has 0 atom stereocenters. The first kappa shape index (κ1) is 28.7. The molecule has 0 aliphatic carbocycles. The van der Waals surface area contributed by atoms with Crippen molar-refractivity contribution in [2.75, 3.05) is 0 Å². The summed E-state index contributed by atoms with van der Waals surface area (Å²) in [7, 11) is 0. The van der Waals surface area contributed by atoms with E-state index in [1.54, 1.807) is 24.3 Å². The summed E-state index contributed by atoms with van der Waals surface area (Å²) in [6.45, 7) is 0. The molecule has 202 valence electrons. The van der Waals surface area contributed by atoms with Crippen LogP contribution in [0.5, 0.6) is 23.0 Å². The molecule has 0 heterocycles. The quantitative estimate of drug-likeness (QED) is 0.129. The first-order valence-corrected chi connectivity index (χ1v) is 15.3. The highest BCUT2D eigenvalue weighted by Gasteiger charge is 2.22. The molecular formula is C32H22Br4O4. The Morgan fingerprint density at radius 1 is 0.325 bits per heavy atom. The maximum atomic E-state index is 10.1. The largest absolute Gasteiger partial charge is 0.507 e. The van der Waals surface area contributed by atoms with Gasteiger partial charge in [-0.15, -0.1) is 0 Å². The third-order valence-electron chi connectivity index (χ3n) is 6.82. The summed E-state index contributed by atoms with van der Waals surface area (Å²) in [4.78, 5) is 0. The number of hydrogen-bond donors (Lipinski definition) is 4. The van der Waals surface area contributed by atoms with Crippen LogP contribution in [-0.4, -0.2) is 20.4 Å². The van der Waals surface area contributed by atoms with Gasteiger partial charge in [-0.05, 0) is 146 Å². The molecule has 0 spiro atoms. The van der Waals surface area contributed by atoms with Crippen LogP contribution < -0.4 is 0 Å². The molecule has 0 aliphatic rings. The molecule has 0 aromatic heterocycles. The smallest absolute Gasteiger partial charge is 0.129 e. The molecule has 0 radical (unpaired) electrons. The fraction of sp³-hybridized carbons (Fsp3) is 0.0625. The van der Waals surface area contributed by atoms with E-state index in [9.17, 15) is 20.4 Å². The minimum atomic E-state index is -0.174. The molecule has 40 heavy (non-hydrogen) atoms. The van der Waals surface area contributed by atoms with E-state index in [1.807, 2.05) is 48.5 Å². The van der Waals surface area contributed by atoms with Gasteiger partial charge in [0.2, 0.25) is 0 Å². The average molecular weight is 790 g/mol. The fourth-order valence-electron chi connectivity index (χ4n) is 4.85. The lowest BCUT2D eigenvalue weighted by Crippen LogP contribution is -2.06. The summed E-state index contributed by atoms with van der Waals surface area (Å²) in [5.74, 6) is 0.291. The Morgan fingerprint density at radius 2 is 0.525 bits per heavy atom. The van der Waals surface area contributed by atoms with Crippen molar-refractivity contribution in [2.45, 2.75) is 11.8 Å². The molecule has 0 saturated heterocycles. The maximum absolute atomic E-state index is 10.1. The first-order chi connectivity index (χ1) is 19.1. The molecule has 4 N–H and O–H groups in total. The lowest BCUT2D eigenvalue weighted by molar-refractivity contribution is 0.470. The maximum Gasteiger partial charge on any atom is 0.129 e. The Hall–Kier alpha value is -2.78. The highest BCUT2D eigenvalue weighted by atomic mass is 79.9. The van der Waals surface area contributed by atoms with Crippen LogP contribution in [0, 0.1) is 0 Å². The molecule has 0 fully saturated rings. The molecular weight excluding hydrogens is 768 g/mol. The predicted molar refractivity (Wildman–Crippen MR) is 172 cm³/mol. The minimum Gasteiger partial charge on any atom is -0.507 e. The van der Waals surface area contributed by atoms with Gasteiger partial charge in [-0.25, -0.2) is 0 Å². The number of halogens is 4. The second kappa shape index (κ2) is 12.0. The van der Waals surface area contributed by atoms with Crippen molar-refractivity contribution in [1.82, 2.24) is 0 Å². The van der Waals surface area contributed by atoms with Crippen LogP contribution in [0.1, 0.15) is 45.2 Å². The topological polar surface area (TPSA) is 80.9 Å². The van der Waals surface area contributed by atoms with E-state index >= 15 is 0 Å². The summed E-state index contributed by atoms with van der Waals surface area (Å²) in [5, 5.41) is 40.4. The van der Waals surface area contributed by atoms with Crippen LogP contribution in [0.4, 0.5) is 0 Å². The third kappa shape index (κ3) is 5.96. The Bertz CT molecular complexity index is 1470. The molecule has 0 bridgehead atoms. The Labute approximate surface area is 265 Å². The van der Waals surface area contributed by atoms with E-state index in [0.717, 1.165) is 33.4 Å². The molecule has 5 rings (SSSR count). The van der Waals surface area contributed by atoms with Gasteiger partial charge in [-0.2, -0.15) is 0 Å². The van der Waals surface area contributed by atoms with Crippen molar-refractivity contribution in [3.63, 3.8) is 0 Å². The van der Waals surface area contributed by atoms with Gasteiger partial charge < -0.3 is 20.4 Å². The summed E-state index contributed by atoms with van der Waals surface area (Å²) in [5.41, 5.74) is 5.92.